The smallest absolute Gasteiger partial charge is 0.307 e. The summed E-state index contributed by atoms with van der Waals surface area (Å²) in [5, 5.41) is 13.6. The summed E-state index contributed by atoms with van der Waals surface area (Å²) in [5.74, 6) is -1.11. The number of carboxylic acid groups (broad SMARTS) is 1. The predicted octanol–water partition coefficient (Wildman–Crippen LogP) is 3.72. The Morgan fingerprint density at radius 2 is 1.65 bits per heavy atom. The molecule has 0 aliphatic heterocycles. The van der Waals surface area contributed by atoms with Gasteiger partial charge in [0.15, 0.2) is 0 Å². The van der Waals surface area contributed by atoms with Crippen LogP contribution < -0.4 is 5.32 Å². The van der Waals surface area contributed by atoms with Gasteiger partial charge in [0, 0.05) is 11.3 Å². The fraction of sp³-hybridized carbons (Fsp3) is 0.0526. The van der Waals surface area contributed by atoms with Gasteiger partial charge in [0.2, 0.25) is 0 Å². The molecule has 0 unspecified atom stereocenters. The van der Waals surface area contributed by atoms with Gasteiger partial charge in [-0.2, -0.15) is 0 Å². The van der Waals surface area contributed by atoms with Crippen molar-refractivity contribution in [3.63, 3.8) is 0 Å². The van der Waals surface area contributed by atoms with Gasteiger partial charge in [0.05, 0.1) is 6.42 Å². The lowest BCUT2D eigenvalue weighted by molar-refractivity contribution is -0.136. The number of carboxylic acids is 1. The highest BCUT2D eigenvalue weighted by molar-refractivity contribution is 6.12. The van der Waals surface area contributed by atoms with Gasteiger partial charge in [0.1, 0.15) is 0 Å². The van der Waals surface area contributed by atoms with Gasteiger partial charge < -0.3 is 10.4 Å². The van der Waals surface area contributed by atoms with Crippen LogP contribution in [0.15, 0.2) is 66.7 Å². The average Bonchev–Trinajstić information content (AvgIpc) is 2.54. The number of nitrogens with one attached hydrogen (secondary N) is 1. The Morgan fingerprint density at radius 1 is 0.913 bits per heavy atom. The molecule has 0 saturated carbocycles. The van der Waals surface area contributed by atoms with Gasteiger partial charge in [-0.15, -0.1) is 0 Å². The Labute approximate surface area is 133 Å². The molecule has 0 atom stereocenters. The molecule has 23 heavy (non-hydrogen) atoms. The van der Waals surface area contributed by atoms with Crippen molar-refractivity contribution in [1.29, 1.82) is 0 Å². The lowest BCUT2D eigenvalue weighted by atomic mass is 10.0. The van der Waals surface area contributed by atoms with E-state index in [-0.39, 0.29) is 12.3 Å². The first kappa shape index (κ1) is 14.8. The van der Waals surface area contributed by atoms with Crippen LogP contribution >= 0.6 is 0 Å². The van der Waals surface area contributed by atoms with Crippen LogP contribution in [0.3, 0.4) is 0 Å². The molecule has 0 aliphatic rings. The second-order valence-electron chi connectivity index (χ2n) is 5.25. The van der Waals surface area contributed by atoms with E-state index < -0.39 is 5.97 Å². The number of anilines is 1. The highest BCUT2D eigenvalue weighted by atomic mass is 16.4. The van der Waals surface area contributed by atoms with Crippen LogP contribution in [0.1, 0.15) is 15.9 Å². The minimum atomic E-state index is -0.900. The van der Waals surface area contributed by atoms with Crippen LogP contribution in [0.4, 0.5) is 5.69 Å². The van der Waals surface area contributed by atoms with Crippen molar-refractivity contribution in [3.8, 4) is 0 Å². The van der Waals surface area contributed by atoms with Crippen LogP contribution in [-0.2, 0) is 11.2 Å². The zero-order chi connectivity index (χ0) is 16.2. The maximum Gasteiger partial charge on any atom is 0.307 e. The van der Waals surface area contributed by atoms with Crippen LogP contribution in [0.2, 0.25) is 0 Å². The molecule has 4 nitrogen and oxygen atoms in total. The van der Waals surface area contributed by atoms with Crippen molar-refractivity contribution in [2.45, 2.75) is 6.42 Å². The van der Waals surface area contributed by atoms with E-state index >= 15 is 0 Å². The topological polar surface area (TPSA) is 66.4 Å². The number of hydrogen-bond acceptors (Lipinski definition) is 2. The van der Waals surface area contributed by atoms with Crippen LogP contribution in [-0.4, -0.2) is 17.0 Å². The van der Waals surface area contributed by atoms with Gasteiger partial charge in [-0.25, -0.2) is 0 Å². The van der Waals surface area contributed by atoms with Crippen molar-refractivity contribution in [2.24, 2.45) is 0 Å². The van der Waals surface area contributed by atoms with Gasteiger partial charge in [-0.05, 0) is 34.5 Å². The molecule has 3 rings (SSSR count). The Kier molecular flexibility index (Phi) is 4.06. The van der Waals surface area contributed by atoms with E-state index in [1.807, 2.05) is 36.4 Å². The molecule has 4 heteroatoms. The van der Waals surface area contributed by atoms with Gasteiger partial charge in [-0.1, -0.05) is 48.5 Å². The molecule has 1 amide bonds. The van der Waals surface area contributed by atoms with E-state index in [1.54, 1.807) is 30.3 Å². The minimum absolute atomic E-state index is 0.0715. The lowest BCUT2D eigenvalue weighted by Crippen LogP contribution is -2.12. The normalized spacial score (nSPS) is 10.4. The van der Waals surface area contributed by atoms with Gasteiger partial charge in [-0.3, -0.25) is 9.59 Å². The molecule has 0 saturated heterocycles. The van der Waals surface area contributed by atoms with Crippen molar-refractivity contribution < 1.29 is 14.7 Å². The molecule has 3 aromatic rings. The number of aliphatic carboxylic acids is 1. The molecule has 0 radical (unpaired) electrons. The number of amides is 1. The number of hydrogen-bond donors (Lipinski definition) is 2. The van der Waals surface area contributed by atoms with E-state index in [4.69, 9.17) is 5.11 Å². The number of benzene rings is 3. The molecule has 0 spiro atoms. The predicted molar refractivity (Wildman–Crippen MR) is 89.7 cm³/mol. The first-order chi connectivity index (χ1) is 11.1. The van der Waals surface area contributed by atoms with Crippen molar-refractivity contribution in [2.75, 3.05) is 5.32 Å². The standard InChI is InChI=1S/C19H15NO3/c21-18(22)12-13-5-3-8-15(11-13)20-19(23)17-10-4-7-14-6-1-2-9-16(14)17/h1-11H,12H2,(H,20,23)(H,21,22). The average molecular weight is 305 g/mol. The number of carbonyl (C=O) groups is 2. The second kappa shape index (κ2) is 6.32. The molecule has 0 aliphatic carbocycles. The molecule has 0 fully saturated rings. The summed E-state index contributed by atoms with van der Waals surface area (Å²) in [6.07, 6.45) is -0.0715. The maximum absolute atomic E-state index is 12.5. The van der Waals surface area contributed by atoms with Crippen LogP contribution in [0.25, 0.3) is 10.8 Å². The Bertz CT molecular complexity index is 881. The number of fused-ring (bicyclic) bond motifs is 1. The summed E-state index contributed by atoms with van der Waals surface area (Å²) in [6.45, 7) is 0. The van der Waals surface area contributed by atoms with E-state index in [0.717, 1.165) is 10.8 Å². The third kappa shape index (κ3) is 3.37. The zero-order valence-corrected chi connectivity index (χ0v) is 12.3. The van der Waals surface area contributed by atoms with E-state index in [9.17, 15) is 9.59 Å². The van der Waals surface area contributed by atoms with Gasteiger partial charge >= 0.3 is 5.97 Å². The summed E-state index contributed by atoms with van der Waals surface area (Å²) >= 11 is 0. The Morgan fingerprint density at radius 3 is 2.48 bits per heavy atom. The summed E-state index contributed by atoms with van der Waals surface area (Å²) in [6, 6.07) is 20.2. The van der Waals surface area contributed by atoms with E-state index in [1.165, 1.54) is 0 Å². The van der Waals surface area contributed by atoms with E-state index in [2.05, 4.69) is 5.32 Å². The summed E-state index contributed by atoms with van der Waals surface area (Å²) in [7, 11) is 0. The van der Waals surface area contributed by atoms with Gasteiger partial charge in [0.25, 0.3) is 5.91 Å². The molecular weight excluding hydrogens is 290 g/mol. The molecule has 0 heterocycles. The van der Waals surface area contributed by atoms with Crippen molar-refractivity contribution in [3.05, 3.63) is 77.9 Å². The molecule has 2 N–H and O–H groups in total. The highest BCUT2D eigenvalue weighted by Crippen LogP contribution is 2.20. The first-order valence-corrected chi connectivity index (χ1v) is 7.23. The Hall–Kier alpha value is -3.14. The summed E-state index contributed by atoms with van der Waals surface area (Å²) in [5.41, 5.74) is 1.82. The lowest BCUT2D eigenvalue weighted by Gasteiger charge is -2.09. The Balaban J connectivity index is 1.88. The van der Waals surface area contributed by atoms with Crippen molar-refractivity contribution in [1.82, 2.24) is 0 Å². The highest BCUT2D eigenvalue weighted by Gasteiger charge is 2.10. The molecule has 0 aromatic heterocycles. The third-order valence-corrected chi connectivity index (χ3v) is 3.57. The molecule has 3 aromatic carbocycles. The SMILES string of the molecule is O=C(O)Cc1cccc(NC(=O)c2cccc3ccccc23)c1. The number of rotatable bonds is 4. The molecule has 114 valence electrons. The van der Waals surface area contributed by atoms with Crippen LogP contribution in [0.5, 0.6) is 0 Å². The second-order valence-corrected chi connectivity index (χ2v) is 5.25. The summed E-state index contributed by atoms with van der Waals surface area (Å²) in [4.78, 5) is 23.3. The fourth-order valence-electron chi connectivity index (χ4n) is 2.56. The van der Waals surface area contributed by atoms with E-state index in [0.29, 0.717) is 16.8 Å². The number of carbonyl (C=O) groups excluding carboxylic acids is 1. The summed E-state index contributed by atoms with van der Waals surface area (Å²) < 4.78 is 0. The first-order valence-electron chi connectivity index (χ1n) is 7.23. The van der Waals surface area contributed by atoms with Crippen molar-refractivity contribution >= 4 is 28.3 Å². The monoisotopic (exact) mass is 305 g/mol. The fourth-order valence-corrected chi connectivity index (χ4v) is 2.56. The quantitative estimate of drug-likeness (QED) is 0.772. The third-order valence-electron chi connectivity index (χ3n) is 3.57. The molecule has 0 bridgehead atoms. The molecular formula is C19H15NO3. The zero-order valence-electron chi connectivity index (χ0n) is 12.3. The largest absolute Gasteiger partial charge is 0.481 e. The maximum atomic E-state index is 12.5. The van der Waals surface area contributed by atoms with Crippen LogP contribution in [0, 0.1) is 0 Å². The minimum Gasteiger partial charge on any atom is -0.481 e.